The summed E-state index contributed by atoms with van der Waals surface area (Å²) in [6.07, 6.45) is -1.69. The second-order valence-electron chi connectivity index (χ2n) is 4.62. The molecule has 1 rings (SSSR count). The van der Waals surface area contributed by atoms with Crippen molar-refractivity contribution in [1.82, 2.24) is 0 Å². The number of aliphatic hydroxyl groups is 1. The lowest BCUT2D eigenvalue weighted by molar-refractivity contribution is -0.163. The van der Waals surface area contributed by atoms with Crippen molar-refractivity contribution in [3.63, 3.8) is 0 Å². The van der Waals surface area contributed by atoms with E-state index < -0.39 is 24.2 Å². The Labute approximate surface area is 126 Å². The van der Waals surface area contributed by atoms with Gasteiger partial charge in [0.05, 0.1) is 11.1 Å². The number of aliphatic hydroxyl groups excluding tert-OH is 1. The molecule has 0 spiro atoms. The number of carboxylic acid groups (broad SMARTS) is 2. The number of carbonyl (C=O) groups is 3. The van der Waals surface area contributed by atoms with Gasteiger partial charge < -0.3 is 20.1 Å². The smallest absolute Gasteiger partial charge is 0.335 e. The molecule has 0 aliphatic heterocycles. The minimum atomic E-state index is -1.48. The van der Waals surface area contributed by atoms with Crippen LogP contribution in [0.25, 0.3) is 0 Å². The first kappa shape index (κ1) is 17.4. The van der Waals surface area contributed by atoms with Crippen LogP contribution in [0.4, 0.5) is 0 Å². The number of hydrogen-bond acceptors (Lipinski definition) is 5. The van der Waals surface area contributed by atoms with E-state index in [0.717, 1.165) is 0 Å². The Kier molecular flexibility index (Phi) is 5.82. The SMILES string of the molecule is C=C(C)C(=O)OC(O)CCc1c(C(=O)O)cccc1C(=O)O. The van der Waals surface area contributed by atoms with Gasteiger partial charge in [-0.05, 0) is 31.0 Å². The van der Waals surface area contributed by atoms with Crippen LogP contribution >= 0.6 is 0 Å². The predicted octanol–water partition coefficient (Wildman–Crippen LogP) is 1.45. The van der Waals surface area contributed by atoms with Crippen LogP contribution in [0.2, 0.25) is 0 Å². The number of carbonyl (C=O) groups excluding carboxylic acids is 1. The van der Waals surface area contributed by atoms with E-state index in [0.29, 0.717) is 0 Å². The third kappa shape index (κ3) is 4.42. The third-order valence-corrected chi connectivity index (χ3v) is 2.87. The molecule has 0 aliphatic carbocycles. The van der Waals surface area contributed by atoms with Crippen molar-refractivity contribution >= 4 is 17.9 Å². The average molecular weight is 308 g/mol. The third-order valence-electron chi connectivity index (χ3n) is 2.87. The molecule has 0 heterocycles. The maximum atomic E-state index is 11.2. The van der Waals surface area contributed by atoms with Crippen LogP contribution in [-0.2, 0) is 16.0 Å². The van der Waals surface area contributed by atoms with Gasteiger partial charge in [0.1, 0.15) is 0 Å². The van der Waals surface area contributed by atoms with Gasteiger partial charge in [-0.15, -0.1) is 0 Å². The molecule has 0 aliphatic rings. The standard InChI is InChI=1S/C15H16O7/c1-8(2)15(21)22-12(16)7-6-9-10(13(17)18)4-3-5-11(9)14(19)20/h3-5,12,16H,1,6-7H2,2H3,(H,17,18)(H,19,20). The molecule has 1 atom stereocenters. The monoisotopic (exact) mass is 308 g/mol. The number of esters is 1. The van der Waals surface area contributed by atoms with Crippen LogP contribution in [0.1, 0.15) is 39.6 Å². The molecule has 118 valence electrons. The molecule has 0 bridgehead atoms. The van der Waals surface area contributed by atoms with E-state index in [1.54, 1.807) is 0 Å². The summed E-state index contributed by atoms with van der Waals surface area (Å²) in [4.78, 5) is 33.6. The molecule has 7 heteroatoms. The molecular weight excluding hydrogens is 292 g/mol. The molecule has 0 amide bonds. The zero-order valence-electron chi connectivity index (χ0n) is 11.9. The van der Waals surface area contributed by atoms with Crippen molar-refractivity contribution in [2.75, 3.05) is 0 Å². The average Bonchev–Trinajstić information content (AvgIpc) is 2.44. The predicted molar refractivity (Wildman–Crippen MR) is 75.6 cm³/mol. The van der Waals surface area contributed by atoms with E-state index in [1.807, 2.05) is 0 Å². The Hall–Kier alpha value is -2.67. The number of rotatable bonds is 7. The van der Waals surface area contributed by atoms with Gasteiger partial charge in [-0.2, -0.15) is 0 Å². The summed E-state index contributed by atoms with van der Waals surface area (Å²) in [5.41, 5.74) is -0.166. The molecule has 1 aromatic carbocycles. The molecular formula is C15H16O7. The number of benzene rings is 1. The van der Waals surface area contributed by atoms with Crippen LogP contribution in [-0.4, -0.2) is 39.5 Å². The van der Waals surface area contributed by atoms with Crippen LogP contribution in [0.5, 0.6) is 0 Å². The Balaban J connectivity index is 2.92. The van der Waals surface area contributed by atoms with Gasteiger partial charge in [0.25, 0.3) is 0 Å². The number of carboxylic acids is 2. The molecule has 0 saturated heterocycles. The lowest BCUT2D eigenvalue weighted by Gasteiger charge is -2.14. The summed E-state index contributed by atoms with van der Waals surface area (Å²) in [5, 5.41) is 27.8. The number of hydrogen-bond donors (Lipinski definition) is 3. The minimum absolute atomic E-state index is 0.0629. The molecule has 3 N–H and O–H groups in total. The minimum Gasteiger partial charge on any atom is -0.478 e. The molecule has 7 nitrogen and oxygen atoms in total. The summed E-state index contributed by atoms with van der Waals surface area (Å²) >= 11 is 0. The van der Waals surface area contributed by atoms with Crippen molar-refractivity contribution in [2.45, 2.75) is 26.1 Å². The van der Waals surface area contributed by atoms with Gasteiger partial charge >= 0.3 is 17.9 Å². The molecule has 1 aromatic rings. The van der Waals surface area contributed by atoms with Crippen molar-refractivity contribution in [1.29, 1.82) is 0 Å². The zero-order chi connectivity index (χ0) is 16.9. The largest absolute Gasteiger partial charge is 0.478 e. The quantitative estimate of drug-likeness (QED) is 0.396. The van der Waals surface area contributed by atoms with Crippen molar-refractivity contribution in [2.24, 2.45) is 0 Å². The van der Waals surface area contributed by atoms with Crippen molar-refractivity contribution in [3.05, 3.63) is 47.0 Å². The van der Waals surface area contributed by atoms with Gasteiger partial charge in [0.2, 0.25) is 6.29 Å². The van der Waals surface area contributed by atoms with E-state index in [2.05, 4.69) is 11.3 Å². The van der Waals surface area contributed by atoms with E-state index in [9.17, 15) is 19.5 Å². The topological polar surface area (TPSA) is 121 Å². The molecule has 1 unspecified atom stereocenters. The molecule has 0 fully saturated rings. The maximum absolute atomic E-state index is 11.2. The first-order chi connectivity index (χ1) is 10.2. The fourth-order valence-electron chi connectivity index (χ4n) is 1.81. The molecule has 22 heavy (non-hydrogen) atoms. The van der Waals surface area contributed by atoms with Crippen LogP contribution < -0.4 is 0 Å². The van der Waals surface area contributed by atoms with Crippen LogP contribution in [0, 0.1) is 0 Å². The van der Waals surface area contributed by atoms with E-state index in [4.69, 9.17) is 10.2 Å². The van der Waals surface area contributed by atoms with E-state index >= 15 is 0 Å². The maximum Gasteiger partial charge on any atom is 0.335 e. The van der Waals surface area contributed by atoms with Gasteiger partial charge in [0, 0.05) is 12.0 Å². The van der Waals surface area contributed by atoms with Crippen molar-refractivity contribution < 1.29 is 34.4 Å². The van der Waals surface area contributed by atoms with E-state index in [1.165, 1.54) is 25.1 Å². The fourth-order valence-corrected chi connectivity index (χ4v) is 1.81. The Morgan fingerprint density at radius 1 is 1.18 bits per heavy atom. The Morgan fingerprint density at radius 2 is 1.68 bits per heavy atom. The lowest BCUT2D eigenvalue weighted by Crippen LogP contribution is -2.20. The number of aromatic carboxylic acids is 2. The van der Waals surface area contributed by atoms with Gasteiger partial charge in [-0.25, -0.2) is 14.4 Å². The highest BCUT2D eigenvalue weighted by atomic mass is 16.6. The van der Waals surface area contributed by atoms with Crippen molar-refractivity contribution in [3.8, 4) is 0 Å². The second kappa shape index (κ2) is 7.37. The number of ether oxygens (including phenoxy) is 1. The van der Waals surface area contributed by atoms with Crippen LogP contribution in [0.3, 0.4) is 0 Å². The molecule has 0 aromatic heterocycles. The summed E-state index contributed by atoms with van der Waals surface area (Å²) < 4.78 is 4.66. The fraction of sp³-hybridized carbons (Fsp3) is 0.267. The first-order valence-corrected chi connectivity index (χ1v) is 6.37. The summed E-state index contributed by atoms with van der Waals surface area (Å²) in [6, 6.07) is 3.88. The highest BCUT2D eigenvalue weighted by Gasteiger charge is 2.20. The van der Waals surface area contributed by atoms with Gasteiger partial charge in [0.15, 0.2) is 0 Å². The van der Waals surface area contributed by atoms with Gasteiger partial charge in [-0.3, -0.25) is 0 Å². The highest BCUT2D eigenvalue weighted by Crippen LogP contribution is 2.19. The molecule has 0 saturated carbocycles. The first-order valence-electron chi connectivity index (χ1n) is 6.37. The van der Waals surface area contributed by atoms with E-state index in [-0.39, 0.29) is 35.1 Å². The zero-order valence-corrected chi connectivity index (χ0v) is 11.9. The Bertz CT molecular complexity index is 586. The normalized spacial score (nSPS) is 11.5. The highest BCUT2D eigenvalue weighted by molar-refractivity contribution is 5.96. The summed E-state index contributed by atoms with van der Waals surface area (Å²) in [6.45, 7) is 4.77. The summed E-state index contributed by atoms with van der Waals surface area (Å²) in [7, 11) is 0. The molecule has 0 radical (unpaired) electrons. The van der Waals surface area contributed by atoms with Gasteiger partial charge in [-0.1, -0.05) is 12.6 Å². The Morgan fingerprint density at radius 3 is 2.09 bits per heavy atom. The second-order valence-corrected chi connectivity index (χ2v) is 4.62. The van der Waals surface area contributed by atoms with Crippen LogP contribution in [0.15, 0.2) is 30.4 Å². The lowest BCUT2D eigenvalue weighted by atomic mass is 9.96. The summed E-state index contributed by atoms with van der Waals surface area (Å²) in [5.74, 6) is -3.32.